The zero-order valence-electron chi connectivity index (χ0n) is 12.8. The van der Waals surface area contributed by atoms with E-state index in [0.717, 1.165) is 25.7 Å². The summed E-state index contributed by atoms with van der Waals surface area (Å²) in [4.78, 5) is 12.4. The minimum atomic E-state index is -0.349. The highest BCUT2D eigenvalue weighted by atomic mass is 16.6. The van der Waals surface area contributed by atoms with Crippen molar-refractivity contribution in [1.29, 1.82) is 0 Å². The van der Waals surface area contributed by atoms with Crippen LogP contribution in [-0.2, 0) is 9.53 Å². The van der Waals surface area contributed by atoms with Crippen molar-refractivity contribution in [2.45, 2.75) is 85.2 Å². The number of ether oxygens (including phenoxy) is 1. The average Bonchev–Trinajstić information content (AvgIpc) is 2.38. The summed E-state index contributed by atoms with van der Waals surface area (Å²) in [6, 6.07) is 0. The molecule has 0 radical (unpaired) electrons. The molecule has 0 heterocycles. The first-order valence-corrected chi connectivity index (χ1v) is 7.61. The third-order valence-electron chi connectivity index (χ3n) is 4.94. The molecule has 0 saturated heterocycles. The van der Waals surface area contributed by atoms with Crippen LogP contribution in [-0.4, -0.2) is 11.6 Å². The van der Waals surface area contributed by atoms with Crippen LogP contribution in [0.5, 0.6) is 0 Å². The summed E-state index contributed by atoms with van der Waals surface area (Å²) in [6.45, 7) is 10.5. The van der Waals surface area contributed by atoms with Crippen molar-refractivity contribution in [3.63, 3.8) is 0 Å². The molecule has 1 saturated carbocycles. The highest BCUT2D eigenvalue weighted by Crippen LogP contribution is 2.41. The Labute approximate surface area is 112 Å². The number of hydrogen-bond acceptors (Lipinski definition) is 2. The van der Waals surface area contributed by atoms with Gasteiger partial charge in [-0.15, -0.1) is 0 Å². The molecule has 2 nitrogen and oxygen atoms in total. The minimum Gasteiger partial charge on any atom is -0.458 e. The quantitative estimate of drug-likeness (QED) is 0.664. The Morgan fingerprint density at radius 3 is 2.22 bits per heavy atom. The topological polar surface area (TPSA) is 26.3 Å². The van der Waals surface area contributed by atoms with E-state index < -0.39 is 0 Å². The first-order valence-electron chi connectivity index (χ1n) is 7.61. The standard InChI is InChI=1S/C16H30O2/c1-6-13(3)16(11-9-8-10-12-16)18-14(17)15(4,5)7-2/h13H,6-12H2,1-5H3. The van der Waals surface area contributed by atoms with E-state index in [4.69, 9.17) is 4.74 Å². The molecule has 0 spiro atoms. The maximum absolute atomic E-state index is 12.4. The molecule has 106 valence electrons. The van der Waals surface area contributed by atoms with Crippen LogP contribution in [0, 0.1) is 11.3 Å². The fourth-order valence-electron chi connectivity index (χ4n) is 2.68. The maximum Gasteiger partial charge on any atom is 0.312 e. The Morgan fingerprint density at radius 2 is 1.78 bits per heavy atom. The molecule has 0 aromatic heterocycles. The summed E-state index contributed by atoms with van der Waals surface area (Å²) < 4.78 is 6.05. The second kappa shape index (κ2) is 6.08. The maximum atomic E-state index is 12.4. The zero-order chi connectivity index (χ0) is 13.8. The Morgan fingerprint density at radius 1 is 1.22 bits per heavy atom. The molecule has 0 bridgehead atoms. The van der Waals surface area contributed by atoms with Crippen molar-refractivity contribution in [1.82, 2.24) is 0 Å². The lowest BCUT2D eigenvalue weighted by molar-refractivity contribution is -0.181. The van der Waals surface area contributed by atoms with Gasteiger partial charge in [0.25, 0.3) is 0 Å². The fourth-order valence-corrected chi connectivity index (χ4v) is 2.68. The molecule has 1 aliphatic carbocycles. The zero-order valence-corrected chi connectivity index (χ0v) is 12.8. The van der Waals surface area contributed by atoms with Crippen LogP contribution in [0.1, 0.15) is 79.6 Å². The monoisotopic (exact) mass is 254 g/mol. The van der Waals surface area contributed by atoms with Gasteiger partial charge in [0.1, 0.15) is 5.60 Å². The van der Waals surface area contributed by atoms with Crippen molar-refractivity contribution in [2.75, 3.05) is 0 Å². The summed E-state index contributed by atoms with van der Waals surface area (Å²) in [5.41, 5.74) is -0.533. The van der Waals surface area contributed by atoms with Gasteiger partial charge in [-0.05, 0) is 58.3 Å². The van der Waals surface area contributed by atoms with Crippen molar-refractivity contribution in [2.24, 2.45) is 11.3 Å². The van der Waals surface area contributed by atoms with Crippen LogP contribution in [0.3, 0.4) is 0 Å². The minimum absolute atomic E-state index is 0.00722. The lowest BCUT2D eigenvalue weighted by Gasteiger charge is -2.43. The molecular formula is C16H30O2. The second-order valence-corrected chi connectivity index (χ2v) is 6.56. The largest absolute Gasteiger partial charge is 0.458 e. The predicted octanol–water partition coefficient (Wildman–Crippen LogP) is 4.71. The first-order chi connectivity index (χ1) is 8.38. The van der Waals surface area contributed by atoms with Crippen LogP contribution in [0.15, 0.2) is 0 Å². The van der Waals surface area contributed by atoms with E-state index in [1.165, 1.54) is 19.3 Å². The van der Waals surface area contributed by atoms with Gasteiger partial charge in [-0.1, -0.05) is 27.2 Å². The number of esters is 1. The normalized spacial score (nSPS) is 21.4. The van der Waals surface area contributed by atoms with Crippen LogP contribution in [0.2, 0.25) is 0 Å². The number of rotatable bonds is 5. The van der Waals surface area contributed by atoms with Gasteiger partial charge < -0.3 is 4.74 Å². The third-order valence-corrected chi connectivity index (χ3v) is 4.94. The highest BCUT2D eigenvalue weighted by molar-refractivity contribution is 5.76. The lowest BCUT2D eigenvalue weighted by Crippen LogP contribution is -2.45. The Bertz CT molecular complexity index is 275. The van der Waals surface area contributed by atoms with Crippen LogP contribution < -0.4 is 0 Å². The number of carbonyl (C=O) groups is 1. The van der Waals surface area contributed by atoms with Gasteiger partial charge >= 0.3 is 5.97 Å². The summed E-state index contributed by atoms with van der Waals surface area (Å²) in [5.74, 6) is 0.460. The Kier molecular flexibility index (Phi) is 5.24. The van der Waals surface area contributed by atoms with Crippen molar-refractivity contribution in [3.8, 4) is 0 Å². The molecule has 1 aliphatic rings. The molecule has 0 amide bonds. The molecule has 0 aromatic carbocycles. The molecule has 0 N–H and O–H groups in total. The van der Waals surface area contributed by atoms with E-state index in [1.807, 2.05) is 13.8 Å². The molecule has 0 aromatic rings. The van der Waals surface area contributed by atoms with Gasteiger partial charge in [-0.2, -0.15) is 0 Å². The van der Waals surface area contributed by atoms with Gasteiger partial charge in [0.15, 0.2) is 0 Å². The van der Waals surface area contributed by atoms with Gasteiger partial charge in [-0.3, -0.25) is 4.79 Å². The first kappa shape index (κ1) is 15.5. The van der Waals surface area contributed by atoms with Crippen LogP contribution in [0.4, 0.5) is 0 Å². The van der Waals surface area contributed by atoms with Gasteiger partial charge in [-0.25, -0.2) is 0 Å². The fraction of sp³-hybridized carbons (Fsp3) is 0.938. The Balaban J connectivity index is 2.82. The lowest BCUT2D eigenvalue weighted by atomic mass is 9.75. The highest BCUT2D eigenvalue weighted by Gasteiger charge is 2.42. The molecule has 1 rings (SSSR count). The summed E-state index contributed by atoms with van der Waals surface area (Å²) in [6.07, 6.45) is 7.70. The summed E-state index contributed by atoms with van der Waals surface area (Å²) >= 11 is 0. The van der Waals surface area contributed by atoms with E-state index in [-0.39, 0.29) is 17.0 Å². The van der Waals surface area contributed by atoms with E-state index in [2.05, 4.69) is 20.8 Å². The molecule has 0 aliphatic heterocycles. The number of carbonyl (C=O) groups excluding carboxylic acids is 1. The summed E-state index contributed by atoms with van der Waals surface area (Å²) in [7, 11) is 0. The van der Waals surface area contributed by atoms with Crippen molar-refractivity contribution >= 4 is 5.97 Å². The van der Waals surface area contributed by atoms with Gasteiger partial charge in [0, 0.05) is 0 Å². The molecule has 1 atom stereocenters. The van der Waals surface area contributed by atoms with E-state index in [0.29, 0.717) is 5.92 Å². The third kappa shape index (κ3) is 3.27. The van der Waals surface area contributed by atoms with Crippen molar-refractivity contribution in [3.05, 3.63) is 0 Å². The average molecular weight is 254 g/mol. The molecule has 2 heteroatoms. The number of hydrogen-bond donors (Lipinski definition) is 0. The SMILES string of the molecule is CCC(C)C1(OC(=O)C(C)(C)CC)CCCCC1. The van der Waals surface area contributed by atoms with E-state index in [1.54, 1.807) is 0 Å². The van der Waals surface area contributed by atoms with Gasteiger partial charge in [0.05, 0.1) is 5.41 Å². The molecular weight excluding hydrogens is 224 g/mol. The smallest absolute Gasteiger partial charge is 0.312 e. The summed E-state index contributed by atoms with van der Waals surface area (Å²) in [5, 5.41) is 0. The van der Waals surface area contributed by atoms with Crippen LogP contribution >= 0.6 is 0 Å². The van der Waals surface area contributed by atoms with Gasteiger partial charge in [0.2, 0.25) is 0 Å². The molecule has 1 fully saturated rings. The molecule has 18 heavy (non-hydrogen) atoms. The van der Waals surface area contributed by atoms with Crippen LogP contribution in [0.25, 0.3) is 0 Å². The predicted molar refractivity (Wildman–Crippen MR) is 75.4 cm³/mol. The van der Waals surface area contributed by atoms with Crippen molar-refractivity contribution < 1.29 is 9.53 Å². The molecule has 1 unspecified atom stereocenters. The van der Waals surface area contributed by atoms with E-state index >= 15 is 0 Å². The van der Waals surface area contributed by atoms with E-state index in [9.17, 15) is 4.79 Å². The second-order valence-electron chi connectivity index (χ2n) is 6.56. The Hall–Kier alpha value is -0.530.